The van der Waals surface area contributed by atoms with Crippen LogP contribution in [0.4, 0.5) is 14.5 Å². The van der Waals surface area contributed by atoms with Gasteiger partial charge in [-0.3, -0.25) is 0 Å². The molecular formula is C24H23F2NO3S. The van der Waals surface area contributed by atoms with Crippen molar-refractivity contribution in [3.05, 3.63) is 77.4 Å². The summed E-state index contributed by atoms with van der Waals surface area (Å²) in [6, 6.07) is 14.9. The Balaban J connectivity index is 1.69. The average Bonchev–Trinajstić information content (AvgIpc) is 2.94. The Bertz CT molecular complexity index is 1090. The van der Waals surface area contributed by atoms with Gasteiger partial charge in [0.2, 0.25) is 0 Å². The molecule has 3 aromatic carbocycles. The van der Waals surface area contributed by atoms with E-state index in [0.29, 0.717) is 30.8 Å². The molecule has 1 unspecified atom stereocenters. The first kappa shape index (κ1) is 21.3. The molecule has 0 radical (unpaired) electrons. The SMILES string of the molecule is COc1ccc2c(c1)SC(c1ccc(F)cc1F)CCN2Cc1ccc(O)c(OC)c1. The van der Waals surface area contributed by atoms with Crippen LogP contribution in [0.3, 0.4) is 0 Å². The van der Waals surface area contributed by atoms with Gasteiger partial charge in [0.05, 0.1) is 19.9 Å². The van der Waals surface area contributed by atoms with Crippen molar-refractivity contribution in [2.45, 2.75) is 23.1 Å². The average molecular weight is 444 g/mol. The molecule has 0 fully saturated rings. The van der Waals surface area contributed by atoms with Gasteiger partial charge in [-0.15, -0.1) is 11.8 Å². The standard InChI is InChI=1S/C24H23F2NO3S/c1-29-17-5-7-20-24(13-17)31-23(18-6-4-16(25)12-19(18)26)9-10-27(20)14-15-3-8-21(28)22(11-15)30-2/h3-8,11-13,23,28H,9-10,14H2,1-2H3. The van der Waals surface area contributed by atoms with Crippen molar-refractivity contribution in [3.63, 3.8) is 0 Å². The fraction of sp³-hybridized carbons (Fsp3) is 0.250. The molecule has 0 amide bonds. The number of rotatable bonds is 5. The van der Waals surface area contributed by atoms with Gasteiger partial charge in [-0.05, 0) is 48.4 Å². The number of phenolic OH excluding ortho intramolecular Hbond substituents is 1. The molecule has 0 saturated carbocycles. The van der Waals surface area contributed by atoms with Crippen LogP contribution in [0.25, 0.3) is 0 Å². The van der Waals surface area contributed by atoms with E-state index in [1.54, 1.807) is 24.9 Å². The van der Waals surface area contributed by atoms with Crippen LogP contribution in [-0.4, -0.2) is 25.9 Å². The minimum atomic E-state index is -0.579. The topological polar surface area (TPSA) is 41.9 Å². The molecule has 1 atom stereocenters. The van der Waals surface area contributed by atoms with Gasteiger partial charge in [-0.1, -0.05) is 12.1 Å². The van der Waals surface area contributed by atoms with Crippen molar-refractivity contribution in [3.8, 4) is 17.2 Å². The summed E-state index contributed by atoms with van der Waals surface area (Å²) in [5.41, 5.74) is 2.49. The first-order chi connectivity index (χ1) is 15.0. The summed E-state index contributed by atoms with van der Waals surface area (Å²) in [6.07, 6.45) is 0.680. The Morgan fingerprint density at radius 3 is 2.61 bits per heavy atom. The zero-order valence-electron chi connectivity index (χ0n) is 17.3. The van der Waals surface area contributed by atoms with Crippen LogP contribution in [0, 0.1) is 11.6 Å². The van der Waals surface area contributed by atoms with Crippen LogP contribution >= 0.6 is 11.8 Å². The summed E-state index contributed by atoms with van der Waals surface area (Å²) in [4.78, 5) is 3.19. The van der Waals surface area contributed by atoms with Crippen LogP contribution in [-0.2, 0) is 6.54 Å². The van der Waals surface area contributed by atoms with Crippen LogP contribution in [0.1, 0.15) is 22.8 Å². The highest BCUT2D eigenvalue weighted by Crippen LogP contribution is 2.47. The highest BCUT2D eigenvalue weighted by Gasteiger charge is 2.26. The zero-order chi connectivity index (χ0) is 22.0. The maximum Gasteiger partial charge on any atom is 0.160 e. The Labute approximate surface area is 184 Å². The third kappa shape index (κ3) is 4.56. The molecule has 3 aromatic rings. The minimum absolute atomic E-state index is 0.0923. The third-order valence-electron chi connectivity index (χ3n) is 5.37. The van der Waals surface area contributed by atoms with E-state index in [1.165, 1.54) is 19.2 Å². The minimum Gasteiger partial charge on any atom is -0.504 e. The maximum atomic E-state index is 14.5. The predicted octanol–water partition coefficient (Wildman–Crippen LogP) is 5.93. The summed E-state index contributed by atoms with van der Waals surface area (Å²) in [5.74, 6) is 0.124. The summed E-state index contributed by atoms with van der Waals surface area (Å²) >= 11 is 1.56. The number of benzene rings is 3. The lowest BCUT2D eigenvalue weighted by atomic mass is 10.1. The van der Waals surface area contributed by atoms with Crippen molar-refractivity contribution >= 4 is 17.4 Å². The number of hydrogen-bond acceptors (Lipinski definition) is 5. The van der Waals surface area contributed by atoms with Gasteiger partial charge in [0, 0.05) is 34.9 Å². The number of fused-ring (bicyclic) bond motifs is 1. The van der Waals surface area contributed by atoms with E-state index >= 15 is 0 Å². The highest BCUT2D eigenvalue weighted by atomic mass is 32.2. The van der Waals surface area contributed by atoms with Gasteiger partial charge in [0.1, 0.15) is 17.4 Å². The van der Waals surface area contributed by atoms with Crippen molar-refractivity contribution in [2.24, 2.45) is 0 Å². The lowest BCUT2D eigenvalue weighted by Gasteiger charge is -2.25. The van der Waals surface area contributed by atoms with Crippen molar-refractivity contribution < 1.29 is 23.4 Å². The van der Waals surface area contributed by atoms with Crippen LogP contribution in [0.2, 0.25) is 0 Å². The lowest BCUT2D eigenvalue weighted by molar-refractivity contribution is 0.373. The number of phenols is 1. The van der Waals surface area contributed by atoms with Crippen molar-refractivity contribution in [2.75, 3.05) is 25.7 Å². The molecule has 1 heterocycles. The summed E-state index contributed by atoms with van der Waals surface area (Å²) in [6.45, 7) is 1.27. The summed E-state index contributed by atoms with van der Waals surface area (Å²) in [5, 5.41) is 9.73. The van der Waals surface area contributed by atoms with Crippen LogP contribution in [0.5, 0.6) is 17.2 Å². The number of thioether (sulfide) groups is 1. The number of halogens is 2. The van der Waals surface area contributed by atoms with E-state index in [4.69, 9.17) is 9.47 Å². The number of nitrogens with zero attached hydrogens (tertiary/aromatic N) is 1. The second-order valence-corrected chi connectivity index (χ2v) is 8.57. The molecule has 1 aliphatic heterocycles. The van der Waals surface area contributed by atoms with E-state index < -0.39 is 11.6 Å². The van der Waals surface area contributed by atoms with Gasteiger partial charge in [0.25, 0.3) is 0 Å². The summed E-state index contributed by atoms with van der Waals surface area (Å²) in [7, 11) is 3.13. The number of methoxy groups -OCH3 is 2. The number of anilines is 1. The fourth-order valence-corrected chi connectivity index (χ4v) is 5.12. The van der Waals surface area contributed by atoms with Crippen molar-refractivity contribution in [1.82, 2.24) is 0 Å². The number of ether oxygens (including phenoxy) is 2. The normalized spacial score (nSPS) is 15.9. The quantitative estimate of drug-likeness (QED) is 0.529. The molecule has 0 bridgehead atoms. The van der Waals surface area contributed by atoms with E-state index in [0.717, 1.165) is 28.0 Å². The molecule has 162 valence electrons. The predicted molar refractivity (Wildman–Crippen MR) is 118 cm³/mol. The van der Waals surface area contributed by atoms with E-state index in [1.807, 2.05) is 30.3 Å². The van der Waals surface area contributed by atoms with Crippen molar-refractivity contribution in [1.29, 1.82) is 0 Å². The van der Waals surface area contributed by atoms with E-state index in [9.17, 15) is 13.9 Å². The molecule has 1 aliphatic rings. The molecule has 31 heavy (non-hydrogen) atoms. The number of aromatic hydroxyl groups is 1. The Morgan fingerprint density at radius 1 is 1.03 bits per heavy atom. The molecule has 7 heteroatoms. The first-order valence-corrected chi connectivity index (χ1v) is 10.8. The molecule has 4 nitrogen and oxygen atoms in total. The molecule has 0 aliphatic carbocycles. The summed E-state index contributed by atoms with van der Waals surface area (Å²) < 4.78 is 38.6. The van der Waals surface area contributed by atoms with Crippen LogP contribution < -0.4 is 14.4 Å². The van der Waals surface area contributed by atoms with Gasteiger partial charge >= 0.3 is 0 Å². The molecule has 0 spiro atoms. The third-order valence-corrected chi connectivity index (χ3v) is 6.72. The Kier molecular flexibility index (Phi) is 6.23. The van der Waals surface area contributed by atoms with Crippen LogP contribution in [0.15, 0.2) is 59.5 Å². The van der Waals surface area contributed by atoms with E-state index in [-0.39, 0.29) is 11.0 Å². The largest absolute Gasteiger partial charge is 0.504 e. The molecule has 1 N–H and O–H groups in total. The fourth-order valence-electron chi connectivity index (χ4n) is 3.77. The molecule has 0 aromatic heterocycles. The second-order valence-electron chi connectivity index (χ2n) is 7.32. The lowest BCUT2D eigenvalue weighted by Crippen LogP contribution is -2.24. The highest BCUT2D eigenvalue weighted by molar-refractivity contribution is 7.99. The van der Waals surface area contributed by atoms with Gasteiger partial charge in [-0.25, -0.2) is 8.78 Å². The smallest absolute Gasteiger partial charge is 0.160 e. The number of hydrogen-bond donors (Lipinski definition) is 1. The van der Waals surface area contributed by atoms with Gasteiger partial charge < -0.3 is 19.5 Å². The molecule has 0 saturated heterocycles. The van der Waals surface area contributed by atoms with Gasteiger partial charge in [-0.2, -0.15) is 0 Å². The van der Waals surface area contributed by atoms with E-state index in [2.05, 4.69) is 4.90 Å². The first-order valence-electron chi connectivity index (χ1n) is 9.89. The molecular weight excluding hydrogens is 420 g/mol. The van der Waals surface area contributed by atoms with Gasteiger partial charge in [0.15, 0.2) is 11.5 Å². The Hall–Kier alpha value is -2.93. The molecule has 4 rings (SSSR count). The Morgan fingerprint density at radius 2 is 1.87 bits per heavy atom. The maximum absolute atomic E-state index is 14.5. The second kappa shape index (κ2) is 9.06. The zero-order valence-corrected chi connectivity index (χ0v) is 18.1. The monoisotopic (exact) mass is 443 g/mol.